The second-order valence-corrected chi connectivity index (χ2v) is 6.41. The van der Waals surface area contributed by atoms with E-state index in [1.165, 1.54) is 0 Å². The standard InChI is InChI=1S/C14H18O3S/c1-11-3-7-13(8-4-11)17-18(15,16)14-9-5-12(2)6-10-14/h3,5-7,9-11,13H,4,8H2,1-2H3. The highest BCUT2D eigenvalue weighted by molar-refractivity contribution is 7.86. The lowest BCUT2D eigenvalue weighted by Gasteiger charge is -2.20. The summed E-state index contributed by atoms with van der Waals surface area (Å²) in [6, 6.07) is 6.71. The second kappa shape index (κ2) is 5.24. The summed E-state index contributed by atoms with van der Waals surface area (Å²) in [5.41, 5.74) is 1.03. The van der Waals surface area contributed by atoms with Crippen LogP contribution in [0, 0.1) is 12.8 Å². The summed E-state index contributed by atoms with van der Waals surface area (Å²) in [7, 11) is -3.65. The maximum Gasteiger partial charge on any atom is 0.297 e. The van der Waals surface area contributed by atoms with Crippen molar-refractivity contribution in [3.05, 3.63) is 42.0 Å². The molecule has 1 aliphatic carbocycles. The van der Waals surface area contributed by atoms with Crippen LogP contribution in [0.15, 0.2) is 41.3 Å². The van der Waals surface area contributed by atoms with Gasteiger partial charge in [-0.3, -0.25) is 4.18 Å². The fraction of sp³-hybridized carbons (Fsp3) is 0.429. The minimum absolute atomic E-state index is 0.222. The van der Waals surface area contributed by atoms with Crippen LogP contribution < -0.4 is 0 Å². The Kier molecular flexibility index (Phi) is 3.88. The summed E-state index contributed by atoms with van der Waals surface area (Å²) in [4.78, 5) is 0.222. The quantitative estimate of drug-likeness (QED) is 0.624. The first-order chi connectivity index (χ1) is 8.47. The van der Waals surface area contributed by atoms with Gasteiger partial charge in [0.15, 0.2) is 0 Å². The molecule has 0 N–H and O–H groups in total. The molecular weight excluding hydrogens is 248 g/mol. The number of hydrogen-bond donors (Lipinski definition) is 0. The van der Waals surface area contributed by atoms with Gasteiger partial charge in [0, 0.05) is 0 Å². The molecule has 2 unspecified atom stereocenters. The van der Waals surface area contributed by atoms with Gasteiger partial charge >= 0.3 is 0 Å². The predicted molar refractivity (Wildman–Crippen MR) is 70.8 cm³/mol. The highest BCUT2D eigenvalue weighted by atomic mass is 32.2. The minimum atomic E-state index is -3.65. The average Bonchev–Trinajstić information content (AvgIpc) is 2.32. The third kappa shape index (κ3) is 3.21. The third-order valence-corrected chi connectivity index (χ3v) is 4.47. The van der Waals surface area contributed by atoms with Crippen molar-refractivity contribution in [2.24, 2.45) is 5.92 Å². The van der Waals surface area contributed by atoms with Crippen molar-refractivity contribution in [2.45, 2.75) is 37.7 Å². The minimum Gasteiger partial charge on any atom is -0.259 e. The van der Waals surface area contributed by atoms with Gasteiger partial charge in [0.05, 0.1) is 11.0 Å². The average molecular weight is 266 g/mol. The van der Waals surface area contributed by atoms with Crippen LogP contribution >= 0.6 is 0 Å². The summed E-state index contributed by atoms with van der Waals surface area (Å²) >= 11 is 0. The lowest BCUT2D eigenvalue weighted by Crippen LogP contribution is -2.20. The zero-order valence-corrected chi connectivity index (χ0v) is 11.5. The van der Waals surface area contributed by atoms with E-state index in [1.54, 1.807) is 24.3 Å². The van der Waals surface area contributed by atoms with E-state index in [0.717, 1.165) is 18.4 Å². The van der Waals surface area contributed by atoms with Crippen molar-refractivity contribution >= 4 is 10.1 Å². The van der Waals surface area contributed by atoms with E-state index in [4.69, 9.17) is 4.18 Å². The lowest BCUT2D eigenvalue weighted by atomic mass is 9.96. The second-order valence-electron chi connectivity index (χ2n) is 4.84. The van der Waals surface area contributed by atoms with Crippen molar-refractivity contribution in [1.29, 1.82) is 0 Å². The van der Waals surface area contributed by atoms with Crippen molar-refractivity contribution in [1.82, 2.24) is 0 Å². The maximum absolute atomic E-state index is 12.0. The smallest absolute Gasteiger partial charge is 0.259 e. The van der Waals surface area contributed by atoms with E-state index in [0.29, 0.717) is 5.92 Å². The number of hydrogen-bond acceptors (Lipinski definition) is 3. The number of aryl methyl sites for hydroxylation is 1. The molecule has 2 atom stereocenters. The van der Waals surface area contributed by atoms with Gasteiger partial charge in [-0.25, -0.2) is 0 Å². The Morgan fingerprint density at radius 1 is 1.11 bits per heavy atom. The highest BCUT2D eigenvalue weighted by Crippen LogP contribution is 2.23. The van der Waals surface area contributed by atoms with E-state index in [9.17, 15) is 8.42 Å². The van der Waals surface area contributed by atoms with Gasteiger partial charge in [-0.1, -0.05) is 36.8 Å². The summed E-state index contributed by atoms with van der Waals surface area (Å²) in [6.07, 6.45) is 5.25. The molecule has 0 spiro atoms. The molecule has 0 heterocycles. The zero-order chi connectivity index (χ0) is 13.2. The summed E-state index contributed by atoms with van der Waals surface area (Å²) < 4.78 is 29.3. The molecule has 1 aliphatic rings. The Labute approximate surface area is 109 Å². The van der Waals surface area contributed by atoms with Crippen LogP contribution in [-0.4, -0.2) is 14.5 Å². The molecule has 0 saturated heterocycles. The topological polar surface area (TPSA) is 43.4 Å². The number of rotatable bonds is 3. The van der Waals surface area contributed by atoms with E-state index in [2.05, 4.69) is 6.92 Å². The van der Waals surface area contributed by atoms with Crippen LogP contribution in [0.5, 0.6) is 0 Å². The molecule has 4 heteroatoms. The van der Waals surface area contributed by atoms with Crippen LogP contribution in [-0.2, 0) is 14.3 Å². The summed E-state index contributed by atoms with van der Waals surface area (Å²) in [5, 5.41) is 0. The van der Waals surface area contributed by atoms with E-state index >= 15 is 0 Å². The van der Waals surface area contributed by atoms with Crippen LogP contribution in [0.1, 0.15) is 25.3 Å². The first-order valence-electron chi connectivity index (χ1n) is 6.16. The zero-order valence-electron chi connectivity index (χ0n) is 10.7. The molecule has 2 rings (SSSR count). The highest BCUT2D eigenvalue weighted by Gasteiger charge is 2.22. The van der Waals surface area contributed by atoms with Crippen molar-refractivity contribution in [2.75, 3.05) is 0 Å². The number of benzene rings is 1. The summed E-state index contributed by atoms with van der Waals surface area (Å²) in [5.74, 6) is 0.506. The summed E-state index contributed by atoms with van der Waals surface area (Å²) in [6.45, 7) is 4.03. The molecule has 98 valence electrons. The molecule has 0 saturated carbocycles. The molecule has 18 heavy (non-hydrogen) atoms. The molecule has 0 amide bonds. The first kappa shape index (κ1) is 13.3. The molecule has 0 bridgehead atoms. The molecule has 0 radical (unpaired) electrons. The van der Waals surface area contributed by atoms with Gasteiger partial charge in [-0.15, -0.1) is 0 Å². The van der Waals surface area contributed by atoms with Gasteiger partial charge in [-0.05, 0) is 37.8 Å². The first-order valence-corrected chi connectivity index (χ1v) is 7.56. The molecule has 0 aromatic heterocycles. The van der Waals surface area contributed by atoms with Crippen molar-refractivity contribution in [3.63, 3.8) is 0 Å². The van der Waals surface area contributed by atoms with Crippen LogP contribution in [0.2, 0.25) is 0 Å². The van der Waals surface area contributed by atoms with Gasteiger partial charge < -0.3 is 0 Å². The van der Waals surface area contributed by atoms with Crippen molar-refractivity contribution < 1.29 is 12.6 Å². The Morgan fingerprint density at radius 3 is 2.33 bits per heavy atom. The maximum atomic E-state index is 12.0. The van der Waals surface area contributed by atoms with Gasteiger partial charge in [0.1, 0.15) is 0 Å². The van der Waals surface area contributed by atoms with Crippen LogP contribution in [0.3, 0.4) is 0 Å². The molecule has 0 aliphatic heterocycles. The van der Waals surface area contributed by atoms with Gasteiger partial charge in [-0.2, -0.15) is 8.42 Å². The van der Waals surface area contributed by atoms with Crippen molar-refractivity contribution in [3.8, 4) is 0 Å². The predicted octanol–water partition coefficient (Wildman–Crippen LogP) is 3.06. The molecule has 1 aromatic rings. The SMILES string of the molecule is Cc1ccc(S(=O)(=O)OC2C=CC(C)CC2)cc1. The van der Waals surface area contributed by atoms with Gasteiger partial charge in [0.2, 0.25) is 0 Å². The Morgan fingerprint density at radius 2 is 1.78 bits per heavy atom. The normalized spacial score (nSPS) is 24.1. The fourth-order valence-corrected chi connectivity index (χ4v) is 3.00. The van der Waals surface area contributed by atoms with E-state index < -0.39 is 10.1 Å². The third-order valence-electron chi connectivity index (χ3n) is 3.12. The Hall–Kier alpha value is -1.13. The van der Waals surface area contributed by atoms with Crippen LogP contribution in [0.25, 0.3) is 0 Å². The van der Waals surface area contributed by atoms with Crippen LogP contribution in [0.4, 0.5) is 0 Å². The van der Waals surface area contributed by atoms with E-state index in [1.807, 2.05) is 19.1 Å². The molecule has 1 aromatic carbocycles. The monoisotopic (exact) mass is 266 g/mol. The molecule has 3 nitrogen and oxygen atoms in total. The Bertz CT molecular complexity index is 529. The largest absolute Gasteiger partial charge is 0.297 e. The van der Waals surface area contributed by atoms with Gasteiger partial charge in [0.25, 0.3) is 10.1 Å². The number of allylic oxidation sites excluding steroid dienone is 1. The molecule has 0 fully saturated rings. The Balaban J connectivity index is 2.12. The molecular formula is C14H18O3S. The lowest BCUT2D eigenvalue weighted by molar-refractivity contribution is 0.228. The fourth-order valence-electron chi connectivity index (χ4n) is 1.94. The van der Waals surface area contributed by atoms with E-state index in [-0.39, 0.29) is 11.0 Å².